The molecule has 5 heteroatoms. The average Bonchev–Trinajstić information content (AvgIpc) is 2.59. The molecule has 2 rings (SSSR count). The van der Waals surface area contributed by atoms with E-state index in [1.165, 1.54) is 7.11 Å². The van der Waals surface area contributed by atoms with E-state index in [9.17, 15) is 9.59 Å². The first-order valence-electron chi connectivity index (χ1n) is 8.23. The van der Waals surface area contributed by atoms with Crippen LogP contribution in [0, 0.1) is 12.8 Å². The van der Waals surface area contributed by atoms with Gasteiger partial charge in [0.1, 0.15) is 11.8 Å². The summed E-state index contributed by atoms with van der Waals surface area (Å²) in [5.41, 5.74) is 2.16. The van der Waals surface area contributed by atoms with Crippen LogP contribution in [0.15, 0.2) is 48.5 Å². The molecule has 2 aromatic rings. The Labute approximate surface area is 148 Å². The Hall–Kier alpha value is -2.82. The summed E-state index contributed by atoms with van der Waals surface area (Å²) in [7, 11) is 1.51. The van der Waals surface area contributed by atoms with E-state index in [-0.39, 0.29) is 17.7 Å². The van der Waals surface area contributed by atoms with E-state index >= 15 is 0 Å². The van der Waals surface area contributed by atoms with Gasteiger partial charge in [-0.05, 0) is 42.7 Å². The molecule has 0 heterocycles. The van der Waals surface area contributed by atoms with Gasteiger partial charge in [-0.3, -0.25) is 9.59 Å². The highest BCUT2D eigenvalue weighted by Crippen LogP contribution is 2.18. The second-order valence-electron chi connectivity index (χ2n) is 6.25. The monoisotopic (exact) mass is 340 g/mol. The molecule has 2 aromatic carbocycles. The second-order valence-corrected chi connectivity index (χ2v) is 6.25. The number of nitrogens with one attached hydrogen (secondary N) is 2. The summed E-state index contributed by atoms with van der Waals surface area (Å²) in [6.07, 6.45) is 0. The highest BCUT2D eigenvalue weighted by atomic mass is 16.5. The summed E-state index contributed by atoms with van der Waals surface area (Å²) in [6.45, 7) is 5.74. The molecule has 0 fully saturated rings. The summed E-state index contributed by atoms with van der Waals surface area (Å²) in [5, 5.41) is 5.68. The number of rotatable bonds is 6. The first-order chi connectivity index (χ1) is 11.9. The van der Waals surface area contributed by atoms with Crippen LogP contribution in [-0.4, -0.2) is 25.0 Å². The summed E-state index contributed by atoms with van der Waals surface area (Å²) in [4.78, 5) is 25.2. The number of carbonyl (C=O) groups excluding carboxylic acids is 2. The Kier molecular flexibility index (Phi) is 6.17. The van der Waals surface area contributed by atoms with Gasteiger partial charge in [0, 0.05) is 5.69 Å². The van der Waals surface area contributed by atoms with E-state index in [2.05, 4.69) is 10.6 Å². The Morgan fingerprint density at radius 2 is 1.76 bits per heavy atom. The third-order valence-electron chi connectivity index (χ3n) is 3.87. The fourth-order valence-electron chi connectivity index (χ4n) is 2.53. The highest BCUT2D eigenvalue weighted by Gasteiger charge is 2.25. The number of ether oxygens (including phenoxy) is 1. The Morgan fingerprint density at radius 1 is 1.04 bits per heavy atom. The molecule has 0 saturated carbocycles. The van der Waals surface area contributed by atoms with Crippen LogP contribution < -0.4 is 15.4 Å². The van der Waals surface area contributed by atoms with Gasteiger partial charge >= 0.3 is 0 Å². The van der Waals surface area contributed by atoms with Gasteiger partial charge in [0.05, 0.1) is 12.7 Å². The molecule has 0 aromatic heterocycles. The van der Waals surface area contributed by atoms with E-state index < -0.39 is 6.04 Å². The van der Waals surface area contributed by atoms with Gasteiger partial charge in [-0.2, -0.15) is 0 Å². The van der Waals surface area contributed by atoms with Crippen LogP contribution in [0.2, 0.25) is 0 Å². The lowest BCUT2D eigenvalue weighted by molar-refractivity contribution is -0.118. The molecule has 0 spiro atoms. The number of aryl methyl sites for hydroxylation is 1. The number of hydrogen-bond acceptors (Lipinski definition) is 3. The number of para-hydroxylation sites is 1. The molecule has 5 nitrogen and oxygen atoms in total. The molecule has 25 heavy (non-hydrogen) atoms. The van der Waals surface area contributed by atoms with Crippen molar-refractivity contribution < 1.29 is 14.3 Å². The lowest BCUT2D eigenvalue weighted by Gasteiger charge is -2.22. The van der Waals surface area contributed by atoms with Crippen molar-refractivity contribution in [3.63, 3.8) is 0 Å². The number of methoxy groups -OCH3 is 1. The zero-order chi connectivity index (χ0) is 18.4. The lowest BCUT2D eigenvalue weighted by atomic mass is 10.0. The van der Waals surface area contributed by atoms with Gasteiger partial charge < -0.3 is 15.4 Å². The molecule has 0 saturated heterocycles. The number of benzene rings is 2. The standard InChI is InChI=1S/C20H24N2O3/c1-13(2)18(20(24)21-15-9-7-8-14(3)12-15)22-19(23)16-10-5-6-11-17(16)25-4/h5-13,18H,1-4H3,(H,21,24)(H,22,23)/t18-/m0/s1. The number of anilines is 1. The first kappa shape index (κ1) is 18.5. The summed E-state index contributed by atoms with van der Waals surface area (Å²) < 4.78 is 5.22. The van der Waals surface area contributed by atoms with Gasteiger partial charge in [0.2, 0.25) is 5.91 Å². The van der Waals surface area contributed by atoms with Crippen LogP contribution in [0.25, 0.3) is 0 Å². The first-order valence-corrected chi connectivity index (χ1v) is 8.23. The predicted octanol–water partition coefficient (Wildman–Crippen LogP) is 3.40. The minimum absolute atomic E-state index is 0.0662. The van der Waals surface area contributed by atoms with Gasteiger partial charge in [-0.15, -0.1) is 0 Å². The minimum Gasteiger partial charge on any atom is -0.496 e. The summed E-state index contributed by atoms with van der Waals surface area (Å²) in [5.74, 6) is -0.176. The average molecular weight is 340 g/mol. The molecule has 0 aliphatic carbocycles. The maximum atomic E-state index is 12.6. The molecule has 1 atom stereocenters. The van der Waals surface area contributed by atoms with E-state index in [1.54, 1.807) is 24.3 Å². The molecule has 132 valence electrons. The van der Waals surface area contributed by atoms with Gasteiger partial charge in [-0.25, -0.2) is 0 Å². The topological polar surface area (TPSA) is 67.4 Å². The Balaban J connectivity index is 2.15. The van der Waals surface area contributed by atoms with Gasteiger partial charge in [0.25, 0.3) is 5.91 Å². The van der Waals surface area contributed by atoms with Crippen molar-refractivity contribution in [3.05, 3.63) is 59.7 Å². The highest BCUT2D eigenvalue weighted by molar-refractivity contribution is 6.02. The van der Waals surface area contributed by atoms with Crippen LogP contribution >= 0.6 is 0 Å². The zero-order valence-corrected chi connectivity index (χ0v) is 15.0. The van der Waals surface area contributed by atoms with Crippen LogP contribution in [0.5, 0.6) is 5.75 Å². The molecule has 0 bridgehead atoms. The maximum Gasteiger partial charge on any atom is 0.255 e. The van der Waals surface area contributed by atoms with E-state index in [4.69, 9.17) is 4.74 Å². The van der Waals surface area contributed by atoms with Crippen LogP contribution in [0.1, 0.15) is 29.8 Å². The lowest BCUT2D eigenvalue weighted by Crippen LogP contribution is -2.47. The normalized spacial score (nSPS) is 11.7. The van der Waals surface area contributed by atoms with Gasteiger partial charge in [-0.1, -0.05) is 38.1 Å². The van der Waals surface area contributed by atoms with Crippen LogP contribution in [0.3, 0.4) is 0 Å². The maximum absolute atomic E-state index is 12.6. The summed E-state index contributed by atoms with van der Waals surface area (Å²) >= 11 is 0. The van der Waals surface area contributed by atoms with Crippen molar-refractivity contribution in [1.82, 2.24) is 5.32 Å². The minimum atomic E-state index is -0.655. The van der Waals surface area contributed by atoms with E-state index in [0.29, 0.717) is 17.0 Å². The predicted molar refractivity (Wildman–Crippen MR) is 98.9 cm³/mol. The van der Waals surface area contributed by atoms with Gasteiger partial charge in [0.15, 0.2) is 0 Å². The smallest absolute Gasteiger partial charge is 0.255 e. The Bertz CT molecular complexity index is 756. The van der Waals surface area contributed by atoms with Crippen molar-refractivity contribution in [2.75, 3.05) is 12.4 Å². The van der Waals surface area contributed by atoms with E-state index in [0.717, 1.165) is 5.56 Å². The molecule has 0 radical (unpaired) electrons. The molecular weight excluding hydrogens is 316 g/mol. The largest absolute Gasteiger partial charge is 0.496 e. The molecule has 0 unspecified atom stereocenters. The van der Waals surface area contributed by atoms with Crippen molar-refractivity contribution in [1.29, 1.82) is 0 Å². The quantitative estimate of drug-likeness (QED) is 0.847. The van der Waals surface area contributed by atoms with E-state index in [1.807, 2.05) is 45.0 Å². The SMILES string of the molecule is COc1ccccc1C(=O)N[C@H](C(=O)Nc1cccc(C)c1)C(C)C. The zero-order valence-electron chi connectivity index (χ0n) is 15.0. The number of carbonyl (C=O) groups is 2. The molecule has 2 N–H and O–H groups in total. The third-order valence-corrected chi connectivity index (χ3v) is 3.87. The van der Waals surface area contributed by atoms with Crippen molar-refractivity contribution >= 4 is 17.5 Å². The number of hydrogen-bond donors (Lipinski definition) is 2. The van der Waals surface area contributed by atoms with Crippen LogP contribution in [0.4, 0.5) is 5.69 Å². The third kappa shape index (κ3) is 4.83. The fourth-order valence-corrected chi connectivity index (χ4v) is 2.53. The summed E-state index contributed by atoms with van der Waals surface area (Å²) in [6, 6.07) is 13.8. The van der Waals surface area contributed by atoms with Crippen LogP contribution in [-0.2, 0) is 4.79 Å². The second kappa shape index (κ2) is 8.33. The van der Waals surface area contributed by atoms with Crippen molar-refractivity contribution in [2.24, 2.45) is 5.92 Å². The van der Waals surface area contributed by atoms with Crippen molar-refractivity contribution in [2.45, 2.75) is 26.8 Å². The molecular formula is C20H24N2O3. The molecule has 0 aliphatic heterocycles. The number of amides is 2. The van der Waals surface area contributed by atoms with Crippen molar-refractivity contribution in [3.8, 4) is 5.75 Å². The Morgan fingerprint density at radius 3 is 2.40 bits per heavy atom. The fraction of sp³-hybridized carbons (Fsp3) is 0.300. The molecule has 0 aliphatic rings. The molecule has 2 amide bonds.